The molecule has 1 N–H and O–H groups in total. The predicted molar refractivity (Wildman–Crippen MR) is 63.4 cm³/mol. The molecule has 0 unspecified atom stereocenters. The lowest BCUT2D eigenvalue weighted by atomic mass is 10.1. The Labute approximate surface area is 91.9 Å². The maximum atomic E-state index is 10.1. The first-order chi connectivity index (χ1) is 7.00. The van der Waals surface area contributed by atoms with Crippen LogP contribution < -0.4 is 0 Å². The Morgan fingerprint density at radius 1 is 1.20 bits per heavy atom. The molecule has 82 valence electrons. The smallest absolute Gasteiger partial charge is 0.111 e. The monoisotopic (exact) mass is 222 g/mol. The first-order valence-electron chi connectivity index (χ1n) is 5.38. The van der Waals surface area contributed by atoms with Crippen molar-refractivity contribution in [1.82, 2.24) is 0 Å². The minimum atomic E-state index is -1.26. The Morgan fingerprint density at radius 3 is 2.27 bits per heavy atom. The van der Waals surface area contributed by atoms with Crippen LogP contribution in [0.2, 0.25) is 19.6 Å². The Kier molecular flexibility index (Phi) is 2.71. The van der Waals surface area contributed by atoms with Gasteiger partial charge in [-0.2, -0.15) is 0 Å². The van der Waals surface area contributed by atoms with Gasteiger partial charge in [0.2, 0.25) is 0 Å². The number of hydrogen-bond donors (Lipinski definition) is 1. The number of hydrogen-bond acceptors (Lipinski definition) is 2. The average molecular weight is 222 g/mol. The molecule has 0 aliphatic carbocycles. The highest BCUT2D eigenvalue weighted by Crippen LogP contribution is 2.39. The van der Waals surface area contributed by atoms with E-state index in [2.05, 4.69) is 19.6 Å². The topological polar surface area (TPSA) is 32.8 Å². The Morgan fingerprint density at radius 2 is 1.80 bits per heavy atom. The largest absolute Gasteiger partial charge is 0.386 e. The molecule has 1 saturated heterocycles. The zero-order valence-electron chi connectivity index (χ0n) is 9.47. The van der Waals surface area contributed by atoms with Crippen LogP contribution in [0.25, 0.3) is 0 Å². The zero-order valence-corrected chi connectivity index (χ0v) is 10.5. The van der Waals surface area contributed by atoms with Gasteiger partial charge in [0.05, 0.1) is 13.8 Å². The summed E-state index contributed by atoms with van der Waals surface area (Å²) in [5.41, 5.74) is 1.27. The Bertz CT molecular complexity index is 331. The number of aliphatic hydroxyl groups is 1. The highest BCUT2D eigenvalue weighted by atomic mass is 28.3. The molecule has 1 aliphatic heterocycles. The quantitative estimate of drug-likeness (QED) is 0.629. The van der Waals surface area contributed by atoms with Crippen LogP contribution in [0.1, 0.15) is 11.7 Å². The molecule has 1 aromatic rings. The van der Waals surface area contributed by atoms with Gasteiger partial charge in [0.15, 0.2) is 0 Å². The van der Waals surface area contributed by atoms with E-state index in [1.54, 1.807) is 0 Å². The molecule has 15 heavy (non-hydrogen) atoms. The number of rotatable bonds is 3. The van der Waals surface area contributed by atoms with Crippen LogP contribution >= 0.6 is 0 Å². The Hall–Kier alpha value is -0.643. The van der Waals surface area contributed by atoms with Crippen molar-refractivity contribution in [2.75, 3.05) is 0 Å². The van der Waals surface area contributed by atoms with Gasteiger partial charge in [0.1, 0.15) is 12.2 Å². The van der Waals surface area contributed by atoms with E-state index >= 15 is 0 Å². The lowest BCUT2D eigenvalue weighted by Gasteiger charge is -2.13. The third-order valence-electron chi connectivity index (χ3n) is 2.83. The van der Waals surface area contributed by atoms with Gasteiger partial charge in [0, 0.05) is 0 Å². The van der Waals surface area contributed by atoms with E-state index in [0.717, 1.165) is 5.56 Å². The normalized spacial score (nSPS) is 27.5. The molecule has 1 fully saturated rings. The van der Waals surface area contributed by atoms with Crippen molar-refractivity contribution in [3.8, 4) is 0 Å². The van der Waals surface area contributed by atoms with Crippen LogP contribution in [0.5, 0.6) is 0 Å². The zero-order chi connectivity index (χ0) is 11.1. The summed E-state index contributed by atoms with van der Waals surface area (Å²) in [7, 11) is -1.26. The molecule has 2 nitrogen and oxygen atoms in total. The molecule has 2 rings (SSSR count). The molecular weight excluding hydrogens is 204 g/mol. The van der Waals surface area contributed by atoms with E-state index in [1.165, 1.54) is 0 Å². The molecule has 1 aromatic carbocycles. The highest BCUT2D eigenvalue weighted by Gasteiger charge is 2.52. The third kappa shape index (κ3) is 2.30. The van der Waals surface area contributed by atoms with Crippen LogP contribution in [0.3, 0.4) is 0 Å². The highest BCUT2D eigenvalue weighted by molar-refractivity contribution is 6.78. The van der Waals surface area contributed by atoms with Crippen molar-refractivity contribution in [3.63, 3.8) is 0 Å². The van der Waals surface area contributed by atoms with E-state index in [9.17, 15) is 5.11 Å². The van der Waals surface area contributed by atoms with Gasteiger partial charge in [-0.15, -0.1) is 0 Å². The van der Waals surface area contributed by atoms with Gasteiger partial charge >= 0.3 is 0 Å². The predicted octanol–water partition coefficient (Wildman–Crippen LogP) is 2.36. The summed E-state index contributed by atoms with van der Waals surface area (Å²) in [4.78, 5) is 0. The molecule has 0 radical (unpaired) electrons. The summed E-state index contributed by atoms with van der Waals surface area (Å²) in [5.74, 6) is 0. The van der Waals surface area contributed by atoms with Gasteiger partial charge < -0.3 is 9.84 Å². The van der Waals surface area contributed by atoms with Crippen molar-refractivity contribution >= 4 is 8.07 Å². The van der Waals surface area contributed by atoms with Crippen molar-refractivity contribution in [3.05, 3.63) is 35.9 Å². The summed E-state index contributed by atoms with van der Waals surface area (Å²) in [6.45, 7) is 6.82. The number of benzene rings is 1. The van der Waals surface area contributed by atoms with Crippen LogP contribution in [0.15, 0.2) is 30.3 Å². The second-order valence-electron chi connectivity index (χ2n) is 5.24. The molecule has 0 amide bonds. The second-order valence-corrected chi connectivity index (χ2v) is 10.5. The van der Waals surface area contributed by atoms with Gasteiger partial charge in [-0.3, -0.25) is 0 Å². The minimum Gasteiger partial charge on any atom is -0.386 e. The maximum Gasteiger partial charge on any atom is 0.111 e. The van der Waals surface area contributed by atoms with E-state index < -0.39 is 14.2 Å². The first kappa shape index (κ1) is 10.9. The summed E-state index contributed by atoms with van der Waals surface area (Å²) in [5, 5.41) is 10.1. The molecule has 1 heterocycles. The Balaban J connectivity index is 2.04. The fourth-order valence-electron chi connectivity index (χ4n) is 1.90. The van der Waals surface area contributed by atoms with E-state index in [4.69, 9.17) is 4.74 Å². The molecular formula is C12H18O2Si. The summed E-state index contributed by atoms with van der Waals surface area (Å²) >= 11 is 0. The van der Waals surface area contributed by atoms with E-state index in [0.29, 0.717) is 5.73 Å². The van der Waals surface area contributed by atoms with Crippen molar-refractivity contribution in [1.29, 1.82) is 0 Å². The number of aliphatic hydroxyl groups excluding tert-OH is 1. The van der Waals surface area contributed by atoms with Crippen LogP contribution in [0, 0.1) is 0 Å². The average Bonchev–Trinajstić information content (AvgIpc) is 2.97. The SMILES string of the molecule is C[Si](C)(C)[C@@H]1O[C@H]1[C@@H](O)c1ccccc1. The second kappa shape index (κ2) is 3.74. The first-order valence-corrected chi connectivity index (χ1v) is 8.96. The molecule has 1 aliphatic rings. The van der Waals surface area contributed by atoms with Crippen molar-refractivity contribution < 1.29 is 9.84 Å². The summed E-state index contributed by atoms with van der Waals surface area (Å²) in [6, 6.07) is 9.76. The third-order valence-corrected chi connectivity index (χ3v) is 5.00. The van der Waals surface area contributed by atoms with Gasteiger partial charge in [-0.25, -0.2) is 0 Å². The van der Waals surface area contributed by atoms with Crippen molar-refractivity contribution in [2.45, 2.75) is 37.6 Å². The molecule has 0 saturated carbocycles. The fourth-order valence-corrected chi connectivity index (χ4v) is 3.63. The molecule has 3 atom stereocenters. The minimum absolute atomic E-state index is 0.0269. The number of ether oxygens (including phenoxy) is 1. The molecule has 3 heteroatoms. The lowest BCUT2D eigenvalue weighted by molar-refractivity contribution is 0.137. The van der Waals surface area contributed by atoms with Gasteiger partial charge in [-0.1, -0.05) is 50.0 Å². The van der Waals surface area contributed by atoms with Crippen molar-refractivity contribution in [2.24, 2.45) is 0 Å². The fraction of sp³-hybridized carbons (Fsp3) is 0.500. The molecule has 0 spiro atoms. The maximum absolute atomic E-state index is 10.1. The van der Waals surface area contributed by atoms with Crippen LogP contribution in [-0.2, 0) is 4.74 Å². The lowest BCUT2D eigenvalue weighted by Crippen LogP contribution is -2.31. The molecule has 0 bridgehead atoms. The van der Waals surface area contributed by atoms with Gasteiger partial charge in [0.25, 0.3) is 0 Å². The van der Waals surface area contributed by atoms with Gasteiger partial charge in [-0.05, 0) is 5.56 Å². The molecule has 0 aromatic heterocycles. The van der Waals surface area contributed by atoms with Crippen LogP contribution in [-0.4, -0.2) is 25.0 Å². The van der Waals surface area contributed by atoms with Crippen LogP contribution in [0.4, 0.5) is 0 Å². The summed E-state index contributed by atoms with van der Waals surface area (Å²) < 4.78 is 5.61. The standard InChI is InChI=1S/C12H18O2Si/c1-15(2,3)12-11(14-12)10(13)9-7-5-4-6-8-9/h4-8,10-13H,1-3H3/t10-,11-,12-/m0/s1. The number of epoxide rings is 1. The van der Waals surface area contributed by atoms with E-state index in [1.807, 2.05) is 30.3 Å². The summed E-state index contributed by atoms with van der Waals surface area (Å²) in [6.07, 6.45) is -0.429. The van der Waals surface area contributed by atoms with E-state index in [-0.39, 0.29) is 6.10 Å².